The second-order valence-electron chi connectivity index (χ2n) is 3.18. The molecule has 0 N–H and O–H groups in total. The number of nitrogens with zero attached hydrogens (tertiary/aromatic N) is 3. The van der Waals surface area contributed by atoms with Gasteiger partial charge >= 0.3 is 0 Å². The second-order valence-corrected chi connectivity index (χ2v) is 3.18. The van der Waals surface area contributed by atoms with Crippen molar-refractivity contribution in [3.8, 4) is 11.3 Å². The van der Waals surface area contributed by atoms with Gasteiger partial charge in [-0.1, -0.05) is 12.1 Å². The largest absolute Gasteiger partial charge is 0.207 e. The Morgan fingerprint density at radius 2 is 2.14 bits per heavy atom. The van der Waals surface area contributed by atoms with E-state index in [2.05, 4.69) is 10.2 Å². The fraction of sp³-hybridized carbons (Fsp3) is 0.200. The lowest BCUT2D eigenvalue weighted by Crippen LogP contribution is -1.92. The smallest absolute Gasteiger partial charge is 0.126 e. The van der Waals surface area contributed by atoms with Gasteiger partial charge in [0.15, 0.2) is 0 Å². The first-order chi connectivity index (χ1) is 6.66. The van der Waals surface area contributed by atoms with Crippen molar-refractivity contribution in [2.24, 2.45) is 7.05 Å². The molecule has 1 aromatic heterocycles. The maximum absolute atomic E-state index is 13.2. The highest BCUT2D eigenvalue weighted by Gasteiger charge is 2.04. The van der Waals surface area contributed by atoms with Gasteiger partial charge in [0.25, 0.3) is 0 Å². The highest BCUT2D eigenvalue weighted by molar-refractivity contribution is 5.58. The topological polar surface area (TPSA) is 30.7 Å². The first-order valence-electron chi connectivity index (χ1n) is 4.29. The Labute approximate surface area is 81.2 Å². The molecule has 1 heterocycles. The number of hydrogen-bond donors (Lipinski definition) is 0. The summed E-state index contributed by atoms with van der Waals surface area (Å²) in [6.07, 6.45) is 1.62. The lowest BCUT2D eigenvalue weighted by Gasteiger charge is -1.98. The van der Waals surface area contributed by atoms with Crippen molar-refractivity contribution in [1.82, 2.24) is 15.0 Å². The van der Waals surface area contributed by atoms with Crippen molar-refractivity contribution >= 4 is 0 Å². The average Bonchev–Trinajstić information content (AvgIpc) is 2.57. The van der Waals surface area contributed by atoms with Crippen LogP contribution in [0.1, 0.15) is 5.56 Å². The minimum Gasteiger partial charge on any atom is -0.207 e. The molecule has 2 aromatic rings. The maximum Gasteiger partial charge on any atom is 0.126 e. The Kier molecular flexibility index (Phi) is 2.04. The van der Waals surface area contributed by atoms with E-state index in [0.29, 0.717) is 11.3 Å². The molecule has 72 valence electrons. The zero-order valence-electron chi connectivity index (χ0n) is 8.03. The van der Waals surface area contributed by atoms with E-state index >= 15 is 0 Å². The molecular formula is C10H10FN3. The Balaban J connectivity index is 2.47. The molecule has 0 spiro atoms. The monoisotopic (exact) mass is 191 g/mol. The third-order valence-corrected chi connectivity index (χ3v) is 2.07. The molecule has 1 aromatic carbocycles. The first-order valence-corrected chi connectivity index (χ1v) is 4.29. The molecule has 2 rings (SSSR count). The molecule has 0 saturated heterocycles. The molecule has 0 aliphatic carbocycles. The summed E-state index contributed by atoms with van der Waals surface area (Å²) in [6, 6.07) is 5.04. The van der Waals surface area contributed by atoms with Gasteiger partial charge in [0.05, 0.1) is 6.20 Å². The molecule has 0 aliphatic heterocycles. The summed E-state index contributed by atoms with van der Waals surface area (Å²) < 4.78 is 13.2. The van der Waals surface area contributed by atoms with E-state index in [9.17, 15) is 4.39 Å². The van der Waals surface area contributed by atoms with Crippen LogP contribution in [0.4, 0.5) is 4.39 Å². The lowest BCUT2D eigenvalue weighted by molar-refractivity contribution is 0.618. The van der Waals surface area contributed by atoms with Gasteiger partial charge in [-0.3, -0.25) is 0 Å². The lowest BCUT2D eigenvalue weighted by atomic mass is 10.1. The van der Waals surface area contributed by atoms with Crippen molar-refractivity contribution in [3.05, 3.63) is 35.8 Å². The average molecular weight is 191 g/mol. The van der Waals surface area contributed by atoms with Crippen molar-refractivity contribution in [3.63, 3.8) is 0 Å². The van der Waals surface area contributed by atoms with Crippen LogP contribution in [0.25, 0.3) is 11.3 Å². The van der Waals surface area contributed by atoms with Crippen molar-refractivity contribution < 1.29 is 4.39 Å². The number of benzene rings is 1. The van der Waals surface area contributed by atoms with Crippen LogP contribution < -0.4 is 0 Å². The van der Waals surface area contributed by atoms with E-state index < -0.39 is 0 Å². The summed E-state index contributed by atoms with van der Waals surface area (Å²) in [6.45, 7) is 1.73. The van der Waals surface area contributed by atoms with Crippen LogP contribution in [-0.2, 0) is 7.05 Å². The molecule has 0 aliphatic rings. The van der Waals surface area contributed by atoms with E-state index in [4.69, 9.17) is 0 Å². The van der Waals surface area contributed by atoms with Gasteiger partial charge in [0.1, 0.15) is 11.5 Å². The zero-order valence-corrected chi connectivity index (χ0v) is 8.03. The standard InChI is InChI=1S/C10H10FN3/c1-7-3-4-8(5-9(7)11)10-6-12-14(2)13-10/h3-6H,1-2H3. The van der Waals surface area contributed by atoms with Gasteiger partial charge in [-0.2, -0.15) is 15.0 Å². The van der Waals surface area contributed by atoms with Crippen LogP contribution in [0, 0.1) is 12.7 Å². The number of hydrogen-bond acceptors (Lipinski definition) is 2. The Bertz CT molecular complexity index is 462. The summed E-state index contributed by atoms with van der Waals surface area (Å²) in [4.78, 5) is 1.45. The summed E-state index contributed by atoms with van der Waals surface area (Å²) in [5, 5.41) is 8.02. The fourth-order valence-electron chi connectivity index (χ4n) is 1.23. The molecule has 0 radical (unpaired) electrons. The quantitative estimate of drug-likeness (QED) is 0.689. The van der Waals surface area contributed by atoms with Gasteiger partial charge < -0.3 is 0 Å². The molecule has 14 heavy (non-hydrogen) atoms. The van der Waals surface area contributed by atoms with Gasteiger partial charge in [-0.15, -0.1) is 0 Å². The molecule has 4 heteroatoms. The first kappa shape index (κ1) is 8.87. The molecule has 0 unspecified atom stereocenters. The Morgan fingerprint density at radius 3 is 2.71 bits per heavy atom. The summed E-state index contributed by atoms with van der Waals surface area (Å²) in [5.41, 5.74) is 2.07. The minimum atomic E-state index is -0.215. The third kappa shape index (κ3) is 1.51. The predicted octanol–water partition coefficient (Wildman–Crippen LogP) is 1.93. The number of aryl methyl sites for hydroxylation is 2. The predicted molar refractivity (Wildman–Crippen MR) is 51.1 cm³/mol. The van der Waals surface area contributed by atoms with Gasteiger partial charge in [0, 0.05) is 12.6 Å². The van der Waals surface area contributed by atoms with Crippen molar-refractivity contribution in [2.75, 3.05) is 0 Å². The summed E-state index contributed by atoms with van der Waals surface area (Å²) in [5.74, 6) is -0.215. The second kappa shape index (κ2) is 3.21. The number of rotatable bonds is 1. The van der Waals surface area contributed by atoms with Crippen molar-refractivity contribution in [2.45, 2.75) is 6.92 Å². The molecule has 0 saturated carbocycles. The van der Waals surface area contributed by atoms with E-state index in [-0.39, 0.29) is 5.82 Å². The normalized spacial score (nSPS) is 10.5. The fourth-order valence-corrected chi connectivity index (χ4v) is 1.23. The van der Waals surface area contributed by atoms with Gasteiger partial charge in [-0.05, 0) is 18.6 Å². The van der Waals surface area contributed by atoms with Crippen LogP contribution in [0.5, 0.6) is 0 Å². The van der Waals surface area contributed by atoms with Crippen LogP contribution in [0.2, 0.25) is 0 Å². The molecule has 0 bridgehead atoms. The third-order valence-electron chi connectivity index (χ3n) is 2.07. The van der Waals surface area contributed by atoms with Crippen LogP contribution in [0.3, 0.4) is 0 Å². The van der Waals surface area contributed by atoms with E-state index in [1.165, 1.54) is 10.9 Å². The maximum atomic E-state index is 13.2. The van der Waals surface area contributed by atoms with Gasteiger partial charge in [0.2, 0.25) is 0 Å². The van der Waals surface area contributed by atoms with E-state index in [1.54, 1.807) is 26.2 Å². The SMILES string of the molecule is Cc1ccc(-c2cnn(C)n2)cc1F. The molecule has 3 nitrogen and oxygen atoms in total. The number of aromatic nitrogens is 3. The molecule has 0 fully saturated rings. The van der Waals surface area contributed by atoms with Crippen LogP contribution in [-0.4, -0.2) is 15.0 Å². The van der Waals surface area contributed by atoms with E-state index in [0.717, 1.165) is 5.56 Å². The van der Waals surface area contributed by atoms with E-state index in [1.807, 2.05) is 6.07 Å². The number of halogens is 1. The summed E-state index contributed by atoms with van der Waals surface area (Å²) in [7, 11) is 1.73. The molecule has 0 atom stereocenters. The van der Waals surface area contributed by atoms with Gasteiger partial charge in [-0.25, -0.2) is 4.39 Å². The minimum absolute atomic E-state index is 0.215. The van der Waals surface area contributed by atoms with Crippen LogP contribution in [0.15, 0.2) is 24.4 Å². The molecule has 0 amide bonds. The highest BCUT2D eigenvalue weighted by atomic mass is 19.1. The summed E-state index contributed by atoms with van der Waals surface area (Å²) >= 11 is 0. The van der Waals surface area contributed by atoms with Crippen molar-refractivity contribution in [1.29, 1.82) is 0 Å². The Hall–Kier alpha value is -1.71. The zero-order chi connectivity index (χ0) is 10.1. The van der Waals surface area contributed by atoms with Crippen LogP contribution >= 0.6 is 0 Å². The Morgan fingerprint density at radius 1 is 1.36 bits per heavy atom. The molecular weight excluding hydrogens is 181 g/mol. The highest BCUT2D eigenvalue weighted by Crippen LogP contribution is 2.18.